The molecule has 2 aromatic rings. The Bertz CT molecular complexity index is 646. The van der Waals surface area contributed by atoms with E-state index in [1.54, 1.807) is 24.3 Å². The molecule has 0 aliphatic carbocycles. The third-order valence-electron chi connectivity index (χ3n) is 2.96. The number of para-hydroxylation sites is 2. The zero-order chi connectivity index (χ0) is 14.7. The van der Waals surface area contributed by atoms with Gasteiger partial charge < -0.3 is 10.6 Å². The van der Waals surface area contributed by atoms with E-state index < -0.39 is 5.82 Å². The van der Waals surface area contributed by atoms with Crippen LogP contribution in [0.5, 0.6) is 0 Å². The molecule has 0 aliphatic rings. The summed E-state index contributed by atoms with van der Waals surface area (Å²) < 4.78 is 13.2. The minimum atomic E-state index is -0.550. The molecule has 0 atom stereocenters. The maximum Gasteiger partial charge on any atom is 0.258 e. The van der Waals surface area contributed by atoms with Crippen LogP contribution in [0.15, 0.2) is 42.5 Å². The van der Waals surface area contributed by atoms with Gasteiger partial charge in [0.1, 0.15) is 5.82 Å². The normalized spacial score (nSPS) is 10.3. The van der Waals surface area contributed by atoms with E-state index in [1.165, 1.54) is 23.1 Å². The molecule has 0 heterocycles. The lowest BCUT2D eigenvalue weighted by atomic mass is 10.1. The molecule has 0 spiro atoms. The molecule has 0 aromatic heterocycles. The number of hydrogen-bond donors (Lipinski definition) is 1. The highest BCUT2D eigenvalue weighted by Gasteiger charge is 2.18. The third-order valence-corrected chi connectivity index (χ3v) is 3.25. The second-order valence-electron chi connectivity index (χ2n) is 4.24. The fraction of sp³-hybridized carbons (Fsp3) is 0.133. The molecule has 104 valence electrons. The molecule has 0 saturated heterocycles. The summed E-state index contributed by atoms with van der Waals surface area (Å²) in [5.41, 5.74) is 7.34. The standard InChI is InChI=1S/C15H14ClFN2O/c1-2-19(14-6-4-3-5-13(14)18)15(20)10-7-8-12(17)11(16)9-10/h3-9H,2,18H2,1H3. The van der Waals surface area contributed by atoms with Gasteiger partial charge >= 0.3 is 0 Å². The fourth-order valence-electron chi connectivity index (χ4n) is 1.94. The number of nitrogen functional groups attached to an aromatic ring is 1. The number of nitrogens with two attached hydrogens (primary N) is 1. The molecule has 0 fully saturated rings. The van der Waals surface area contributed by atoms with Gasteiger partial charge in [0.2, 0.25) is 0 Å². The van der Waals surface area contributed by atoms with Gasteiger partial charge in [0.15, 0.2) is 0 Å². The molecular formula is C15H14ClFN2O. The van der Waals surface area contributed by atoms with Crippen LogP contribution in [0.25, 0.3) is 0 Å². The largest absolute Gasteiger partial charge is 0.397 e. The average molecular weight is 293 g/mol. The van der Waals surface area contributed by atoms with Crippen molar-refractivity contribution in [2.24, 2.45) is 0 Å². The van der Waals surface area contributed by atoms with Crippen molar-refractivity contribution in [1.29, 1.82) is 0 Å². The summed E-state index contributed by atoms with van der Waals surface area (Å²) in [5, 5.41) is -0.0760. The van der Waals surface area contributed by atoms with Crippen LogP contribution in [-0.4, -0.2) is 12.5 Å². The van der Waals surface area contributed by atoms with Crippen molar-refractivity contribution in [3.63, 3.8) is 0 Å². The summed E-state index contributed by atoms with van der Waals surface area (Å²) in [6.45, 7) is 2.29. The van der Waals surface area contributed by atoms with Crippen molar-refractivity contribution in [2.45, 2.75) is 6.92 Å². The molecule has 2 aromatic carbocycles. The highest BCUT2D eigenvalue weighted by molar-refractivity contribution is 6.31. The number of carbonyl (C=O) groups is 1. The van der Waals surface area contributed by atoms with E-state index in [1.807, 2.05) is 6.92 Å². The number of amides is 1. The van der Waals surface area contributed by atoms with E-state index in [0.717, 1.165) is 0 Å². The van der Waals surface area contributed by atoms with Gasteiger partial charge in [-0.1, -0.05) is 23.7 Å². The summed E-state index contributed by atoms with van der Waals surface area (Å²) >= 11 is 5.71. The highest BCUT2D eigenvalue weighted by Crippen LogP contribution is 2.25. The number of hydrogen-bond acceptors (Lipinski definition) is 2. The quantitative estimate of drug-likeness (QED) is 0.876. The van der Waals surface area contributed by atoms with Crippen molar-refractivity contribution in [1.82, 2.24) is 0 Å². The van der Waals surface area contributed by atoms with Gasteiger partial charge in [-0.25, -0.2) is 4.39 Å². The Kier molecular flexibility index (Phi) is 4.25. The van der Waals surface area contributed by atoms with E-state index in [-0.39, 0.29) is 10.9 Å². The molecule has 0 radical (unpaired) electrons. The van der Waals surface area contributed by atoms with E-state index >= 15 is 0 Å². The zero-order valence-electron chi connectivity index (χ0n) is 10.9. The van der Waals surface area contributed by atoms with Crippen molar-refractivity contribution in [3.05, 3.63) is 58.9 Å². The topological polar surface area (TPSA) is 46.3 Å². The second-order valence-corrected chi connectivity index (χ2v) is 4.64. The predicted molar refractivity (Wildman–Crippen MR) is 79.6 cm³/mol. The Morgan fingerprint density at radius 2 is 2.00 bits per heavy atom. The molecule has 1 amide bonds. The number of halogens is 2. The summed E-state index contributed by atoms with van der Waals surface area (Å²) in [5.74, 6) is -0.821. The summed E-state index contributed by atoms with van der Waals surface area (Å²) in [6, 6.07) is 11.0. The van der Waals surface area contributed by atoms with Crippen LogP contribution in [0, 0.1) is 5.82 Å². The van der Waals surface area contributed by atoms with Gasteiger partial charge in [-0.2, -0.15) is 0 Å². The van der Waals surface area contributed by atoms with Gasteiger partial charge in [-0.15, -0.1) is 0 Å². The smallest absolute Gasteiger partial charge is 0.258 e. The Morgan fingerprint density at radius 3 is 2.60 bits per heavy atom. The first kappa shape index (κ1) is 14.3. The van der Waals surface area contributed by atoms with Gasteiger partial charge in [0, 0.05) is 12.1 Å². The van der Waals surface area contributed by atoms with Crippen molar-refractivity contribution < 1.29 is 9.18 Å². The average Bonchev–Trinajstić information content (AvgIpc) is 2.44. The number of anilines is 2. The monoisotopic (exact) mass is 292 g/mol. The number of nitrogens with zero attached hydrogens (tertiary/aromatic N) is 1. The van der Waals surface area contributed by atoms with Gasteiger partial charge in [-0.3, -0.25) is 4.79 Å². The SMILES string of the molecule is CCN(C(=O)c1ccc(F)c(Cl)c1)c1ccccc1N. The van der Waals surface area contributed by atoms with Gasteiger partial charge in [-0.05, 0) is 37.3 Å². The van der Waals surface area contributed by atoms with E-state index in [2.05, 4.69) is 0 Å². The molecule has 0 unspecified atom stereocenters. The van der Waals surface area contributed by atoms with E-state index in [4.69, 9.17) is 17.3 Å². The molecule has 2 rings (SSSR count). The third kappa shape index (κ3) is 2.75. The Hall–Kier alpha value is -2.07. The lowest BCUT2D eigenvalue weighted by Crippen LogP contribution is -2.31. The maximum atomic E-state index is 13.2. The van der Waals surface area contributed by atoms with E-state index in [0.29, 0.717) is 23.5 Å². The van der Waals surface area contributed by atoms with Crippen LogP contribution in [0.3, 0.4) is 0 Å². The van der Waals surface area contributed by atoms with Crippen LogP contribution >= 0.6 is 11.6 Å². The summed E-state index contributed by atoms with van der Waals surface area (Å²) in [4.78, 5) is 14.0. The lowest BCUT2D eigenvalue weighted by molar-refractivity contribution is 0.0988. The number of benzene rings is 2. The number of rotatable bonds is 3. The molecular weight excluding hydrogens is 279 g/mol. The molecule has 0 aliphatic heterocycles. The van der Waals surface area contributed by atoms with Crippen molar-refractivity contribution in [3.8, 4) is 0 Å². The van der Waals surface area contributed by atoms with Crippen LogP contribution in [0.4, 0.5) is 15.8 Å². The van der Waals surface area contributed by atoms with Crippen LogP contribution in [0.1, 0.15) is 17.3 Å². The first-order valence-corrected chi connectivity index (χ1v) is 6.53. The van der Waals surface area contributed by atoms with Crippen molar-refractivity contribution >= 4 is 28.9 Å². The molecule has 20 heavy (non-hydrogen) atoms. The molecule has 0 bridgehead atoms. The fourth-order valence-corrected chi connectivity index (χ4v) is 2.12. The molecule has 5 heteroatoms. The molecule has 0 saturated carbocycles. The second kappa shape index (κ2) is 5.92. The minimum Gasteiger partial charge on any atom is -0.397 e. The highest BCUT2D eigenvalue weighted by atomic mass is 35.5. The number of carbonyl (C=O) groups excluding carboxylic acids is 1. The van der Waals surface area contributed by atoms with E-state index in [9.17, 15) is 9.18 Å². The predicted octanol–water partition coefficient (Wildman–Crippen LogP) is 3.73. The summed E-state index contributed by atoms with van der Waals surface area (Å²) in [7, 11) is 0. The maximum absolute atomic E-state index is 13.2. The first-order valence-electron chi connectivity index (χ1n) is 6.16. The Balaban J connectivity index is 2.39. The molecule has 3 nitrogen and oxygen atoms in total. The van der Waals surface area contributed by atoms with Crippen molar-refractivity contribution in [2.75, 3.05) is 17.2 Å². The van der Waals surface area contributed by atoms with Gasteiger partial charge in [0.25, 0.3) is 5.91 Å². The Labute approximate surface area is 121 Å². The van der Waals surface area contributed by atoms with Crippen LogP contribution in [-0.2, 0) is 0 Å². The Morgan fingerprint density at radius 1 is 1.30 bits per heavy atom. The zero-order valence-corrected chi connectivity index (χ0v) is 11.7. The minimum absolute atomic E-state index is 0.0760. The lowest BCUT2D eigenvalue weighted by Gasteiger charge is -2.22. The molecule has 2 N–H and O–H groups in total. The summed E-state index contributed by atoms with van der Waals surface area (Å²) in [6.07, 6.45) is 0. The van der Waals surface area contributed by atoms with Crippen LogP contribution < -0.4 is 10.6 Å². The first-order chi connectivity index (χ1) is 9.54. The van der Waals surface area contributed by atoms with Gasteiger partial charge in [0.05, 0.1) is 16.4 Å². The van der Waals surface area contributed by atoms with Crippen LogP contribution in [0.2, 0.25) is 5.02 Å².